The summed E-state index contributed by atoms with van der Waals surface area (Å²) in [7, 11) is -3.82. The van der Waals surface area contributed by atoms with Crippen molar-refractivity contribution in [3.8, 4) is 0 Å². The molecule has 0 bridgehead atoms. The van der Waals surface area contributed by atoms with Gasteiger partial charge in [0.1, 0.15) is 6.04 Å². The van der Waals surface area contributed by atoms with Gasteiger partial charge in [-0.1, -0.05) is 70.6 Å². The van der Waals surface area contributed by atoms with Gasteiger partial charge >= 0.3 is 5.97 Å². The van der Waals surface area contributed by atoms with Crippen LogP contribution >= 0.6 is 22.6 Å². The summed E-state index contributed by atoms with van der Waals surface area (Å²) < 4.78 is 32.9. The predicted molar refractivity (Wildman–Crippen MR) is 110 cm³/mol. The molecule has 2 rings (SSSR count). The fourth-order valence-electron chi connectivity index (χ4n) is 2.41. The Hall–Kier alpha value is -1.45. The Bertz CT molecular complexity index is 822. The van der Waals surface area contributed by atoms with Crippen LogP contribution in [-0.4, -0.2) is 27.0 Å². The summed E-state index contributed by atoms with van der Waals surface area (Å²) in [6.07, 6.45) is 0.300. The molecule has 0 aliphatic carbocycles. The maximum Gasteiger partial charge on any atom is 0.324 e. The second-order valence-electron chi connectivity index (χ2n) is 5.85. The molecule has 140 valence electrons. The third kappa shape index (κ3) is 5.78. The van der Waals surface area contributed by atoms with Gasteiger partial charge in [-0.05, 0) is 38.0 Å². The van der Waals surface area contributed by atoms with Crippen molar-refractivity contribution in [1.29, 1.82) is 0 Å². The van der Waals surface area contributed by atoms with Gasteiger partial charge in [0.25, 0.3) is 0 Å². The van der Waals surface area contributed by atoms with Gasteiger partial charge in [0.2, 0.25) is 10.0 Å². The number of hydrogen-bond donors (Lipinski definition) is 1. The lowest BCUT2D eigenvalue weighted by molar-refractivity contribution is -0.145. The summed E-state index contributed by atoms with van der Waals surface area (Å²) in [5, 5.41) is 0. The molecule has 0 saturated carbocycles. The first-order valence-electron chi connectivity index (χ1n) is 8.28. The molecule has 5 nitrogen and oxygen atoms in total. The van der Waals surface area contributed by atoms with E-state index < -0.39 is 22.0 Å². The topological polar surface area (TPSA) is 72.5 Å². The van der Waals surface area contributed by atoms with E-state index in [1.54, 1.807) is 19.1 Å². The maximum absolute atomic E-state index is 12.7. The quantitative estimate of drug-likeness (QED) is 0.350. The summed E-state index contributed by atoms with van der Waals surface area (Å²) in [6, 6.07) is 15.2. The number of carbonyl (C=O) groups excluding carboxylic acids is 1. The molecular weight excluding hydrogens is 465 g/mol. The number of hydrogen-bond acceptors (Lipinski definition) is 4. The molecule has 0 aromatic heterocycles. The number of benzene rings is 2. The van der Waals surface area contributed by atoms with E-state index in [1.165, 1.54) is 12.1 Å². The minimum atomic E-state index is -3.82. The first-order chi connectivity index (χ1) is 12.3. The Morgan fingerprint density at radius 2 is 1.73 bits per heavy atom. The SMILES string of the molecule is CCOC(=O)[C@H](C[C@H](I)c1ccccc1)NS(=O)(=O)c1ccc(C)cc1. The average molecular weight is 487 g/mol. The zero-order valence-electron chi connectivity index (χ0n) is 14.7. The number of aryl methyl sites for hydroxylation is 1. The van der Waals surface area contributed by atoms with Crippen molar-refractivity contribution in [3.05, 3.63) is 65.7 Å². The molecule has 2 aromatic carbocycles. The van der Waals surface area contributed by atoms with Crippen LogP contribution in [0.1, 0.15) is 28.4 Å². The third-order valence-electron chi connectivity index (χ3n) is 3.80. The number of esters is 1. The van der Waals surface area contributed by atoms with E-state index in [0.29, 0.717) is 6.42 Å². The van der Waals surface area contributed by atoms with Crippen molar-refractivity contribution in [2.45, 2.75) is 35.1 Å². The standard InChI is InChI=1S/C19H22INO4S/c1-3-25-19(22)18(13-17(20)15-7-5-4-6-8-15)21-26(23,24)16-11-9-14(2)10-12-16/h4-12,17-18,21H,3,13H2,1-2H3/t17-,18-/m0/s1. The molecule has 0 unspecified atom stereocenters. The molecular formula is C19H22INO4S. The first kappa shape index (κ1) is 20.9. The van der Waals surface area contributed by atoms with E-state index in [4.69, 9.17) is 4.74 Å². The fourth-order valence-corrected chi connectivity index (χ4v) is 4.53. The van der Waals surface area contributed by atoms with Crippen LogP contribution in [0.2, 0.25) is 0 Å². The Morgan fingerprint density at radius 3 is 2.31 bits per heavy atom. The highest BCUT2D eigenvalue weighted by Crippen LogP contribution is 2.29. The van der Waals surface area contributed by atoms with Gasteiger partial charge in [-0.3, -0.25) is 4.79 Å². The zero-order chi connectivity index (χ0) is 19.2. The minimum Gasteiger partial charge on any atom is -0.465 e. The minimum absolute atomic E-state index is 0.0380. The van der Waals surface area contributed by atoms with Gasteiger partial charge < -0.3 is 4.74 Å². The van der Waals surface area contributed by atoms with E-state index in [9.17, 15) is 13.2 Å². The monoisotopic (exact) mass is 487 g/mol. The Labute approximate surface area is 168 Å². The van der Waals surface area contributed by atoms with Crippen LogP contribution in [0.3, 0.4) is 0 Å². The number of alkyl halides is 1. The number of sulfonamides is 1. The largest absolute Gasteiger partial charge is 0.465 e. The van der Waals surface area contributed by atoms with E-state index >= 15 is 0 Å². The highest BCUT2D eigenvalue weighted by molar-refractivity contribution is 14.1. The lowest BCUT2D eigenvalue weighted by Crippen LogP contribution is -2.42. The molecule has 2 aromatic rings. The second kappa shape index (κ2) is 9.48. The summed E-state index contributed by atoms with van der Waals surface area (Å²) in [5.74, 6) is -0.569. The van der Waals surface area contributed by atoms with Crippen molar-refractivity contribution in [3.63, 3.8) is 0 Å². The van der Waals surface area contributed by atoms with Crippen molar-refractivity contribution in [1.82, 2.24) is 4.72 Å². The molecule has 0 heterocycles. The lowest BCUT2D eigenvalue weighted by atomic mass is 10.1. The van der Waals surface area contributed by atoms with Crippen molar-refractivity contribution >= 4 is 38.6 Å². The molecule has 0 spiro atoms. The first-order valence-corrected chi connectivity index (χ1v) is 11.0. The van der Waals surface area contributed by atoms with Crippen LogP contribution in [0.15, 0.2) is 59.5 Å². The van der Waals surface area contributed by atoms with E-state index in [2.05, 4.69) is 27.3 Å². The van der Waals surface area contributed by atoms with Gasteiger partial charge in [0.15, 0.2) is 0 Å². The molecule has 0 aliphatic rings. The van der Waals surface area contributed by atoms with Gasteiger partial charge in [-0.25, -0.2) is 8.42 Å². The van der Waals surface area contributed by atoms with Crippen molar-refractivity contribution < 1.29 is 17.9 Å². The summed E-state index contributed by atoms with van der Waals surface area (Å²) in [4.78, 5) is 12.4. The number of halogens is 1. The number of rotatable bonds is 8. The van der Waals surface area contributed by atoms with E-state index in [1.807, 2.05) is 37.3 Å². The number of ether oxygens (including phenoxy) is 1. The summed E-state index contributed by atoms with van der Waals surface area (Å²) >= 11 is 2.21. The highest BCUT2D eigenvalue weighted by atomic mass is 127. The van der Waals surface area contributed by atoms with Gasteiger partial charge in [-0.15, -0.1) is 0 Å². The normalized spacial score (nSPS) is 13.8. The van der Waals surface area contributed by atoms with Crippen LogP contribution in [0, 0.1) is 6.92 Å². The molecule has 7 heteroatoms. The zero-order valence-corrected chi connectivity index (χ0v) is 17.7. The van der Waals surface area contributed by atoms with Gasteiger partial charge in [0.05, 0.1) is 11.5 Å². The van der Waals surface area contributed by atoms with Crippen LogP contribution < -0.4 is 4.72 Å². The van der Waals surface area contributed by atoms with E-state index in [0.717, 1.165) is 11.1 Å². The molecule has 0 amide bonds. The maximum atomic E-state index is 12.7. The number of nitrogens with one attached hydrogen (secondary N) is 1. The molecule has 0 saturated heterocycles. The molecule has 26 heavy (non-hydrogen) atoms. The molecule has 2 atom stereocenters. The molecule has 0 radical (unpaired) electrons. The number of carbonyl (C=O) groups is 1. The lowest BCUT2D eigenvalue weighted by Gasteiger charge is -2.20. The Morgan fingerprint density at radius 1 is 1.12 bits per heavy atom. The summed E-state index contributed by atoms with van der Waals surface area (Å²) in [6.45, 7) is 3.77. The van der Waals surface area contributed by atoms with Gasteiger partial charge in [-0.2, -0.15) is 4.72 Å². The predicted octanol–water partition coefficient (Wildman–Crippen LogP) is 3.77. The Kier molecular flexibility index (Phi) is 7.60. The van der Waals surface area contributed by atoms with Crippen LogP contribution in [0.5, 0.6) is 0 Å². The third-order valence-corrected chi connectivity index (χ3v) is 6.52. The molecule has 0 aliphatic heterocycles. The van der Waals surface area contributed by atoms with Crippen molar-refractivity contribution in [2.24, 2.45) is 0 Å². The smallest absolute Gasteiger partial charge is 0.324 e. The van der Waals surface area contributed by atoms with E-state index in [-0.39, 0.29) is 15.4 Å². The highest BCUT2D eigenvalue weighted by Gasteiger charge is 2.29. The summed E-state index contributed by atoms with van der Waals surface area (Å²) in [5.41, 5.74) is 1.99. The average Bonchev–Trinajstić information content (AvgIpc) is 2.62. The molecule has 1 N–H and O–H groups in total. The van der Waals surface area contributed by atoms with Crippen LogP contribution in [0.4, 0.5) is 0 Å². The van der Waals surface area contributed by atoms with Crippen LogP contribution in [0.25, 0.3) is 0 Å². The molecule has 0 fully saturated rings. The van der Waals surface area contributed by atoms with Crippen molar-refractivity contribution in [2.75, 3.05) is 6.61 Å². The second-order valence-corrected chi connectivity index (χ2v) is 9.07. The van der Waals surface area contributed by atoms with Gasteiger partial charge in [0, 0.05) is 3.92 Å². The van der Waals surface area contributed by atoms with Crippen LogP contribution in [-0.2, 0) is 19.6 Å². The fraction of sp³-hybridized carbons (Fsp3) is 0.316. The Balaban J connectivity index is 2.21.